The standard InChI is InChI=1S/C26H44N4O3/c1-6-13-30(14-7-2)26(33)22-12-10-11-21(16-22)25(32)29-18-23(27)15-19(5)24(31)28-17-20(8-3)9-4/h10-12,16,19-20,23H,6-9,13-15,17-18,27H2,1-5H3,(H,28,31)(H,29,32). The molecule has 2 unspecified atom stereocenters. The van der Waals surface area contributed by atoms with E-state index in [0.717, 1.165) is 25.7 Å². The quantitative estimate of drug-likeness (QED) is 0.372. The summed E-state index contributed by atoms with van der Waals surface area (Å²) in [6, 6.07) is 6.46. The van der Waals surface area contributed by atoms with Crippen LogP contribution < -0.4 is 16.4 Å². The number of hydrogen-bond acceptors (Lipinski definition) is 4. The molecule has 0 heterocycles. The highest BCUT2D eigenvalue weighted by atomic mass is 16.2. The summed E-state index contributed by atoms with van der Waals surface area (Å²) < 4.78 is 0. The third-order valence-corrected chi connectivity index (χ3v) is 5.99. The summed E-state index contributed by atoms with van der Waals surface area (Å²) in [7, 11) is 0. The Labute approximate surface area is 199 Å². The minimum Gasteiger partial charge on any atom is -0.356 e. The summed E-state index contributed by atoms with van der Waals surface area (Å²) in [5.74, 6) is -0.0662. The topological polar surface area (TPSA) is 105 Å². The van der Waals surface area contributed by atoms with Crippen molar-refractivity contribution in [2.45, 2.75) is 72.8 Å². The highest BCUT2D eigenvalue weighted by molar-refractivity contribution is 5.99. The molecule has 0 aliphatic carbocycles. The largest absolute Gasteiger partial charge is 0.356 e. The SMILES string of the molecule is CCCN(CCC)C(=O)c1cccc(C(=O)NCC(N)CC(C)C(=O)NCC(CC)CC)c1. The smallest absolute Gasteiger partial charge is 0.253 e. The van der Waals surface area contributed by atoms with Crippen LogP contribution in [0.3, 0.4) is 0 Å². The Kier molecular flexibility index (Phi) is 13.4. The van der Waals surface area contributed by atoms with E-state index in [0.29, 0.717) is 43.1 Å². The predicted octanol–water partition coefficient (Wildman–Crippen LogP) is 3.58. The van der Waals surface area contributed by atoms with Crippen LogP contribution in [0, 0.1) is 11.8 Å². The molecule has 0 aliphatic rings. The molecule has 33 heavy (non-hydrogen) atoms. The Morgan fingerprint density at radius 3 is 2.12 bits per heavy atom. The van der Waals surface area contributed by atoms with E-state index in [9.17, 15) is 14.4 Å². The third kappa shape index (κ3) is 9.95. The molecule has 1 rings (SSSR count). The first kappa shape index (κ1) is 28.6. The molecule has 0 aromatic heterocycles. The van der Waals surface area contributed by atoms with Gasteiger partial charge in [0.25, 0.3) is 11.8 Å². The van der Waals surface area contributed by atoms with Crippen LogP contribution in [-0.2, 0) is 4.79 Å². The third-order valence-electron chi connectivity index (χ3n) is 5.99. The Morgan fingerprint density at radius 2 is 1.55 bits per heavy atom. The van der Waals surface area contributed by atoms with E-state index >= 15 is 0 Å². The molecule has 1 aromatic rings. The average Bonchev–Trinajstić information content (AvgIpc) is 2.82. The first-order valence-corrected chi connectivity index (χ1v) is 12.5. The van der Waals surface area contributed by atoms with Gasteiger partial charge in [0.1, 0.15) is 0 Å². The molecule has 0 radical (unpaired) electrons. The van der Waals surface area contributed by atoms with Crippen molar-refractivity contribution >= 4 is 17.7 Å². The molecule has 0 saturated heterocycles. The molecule has 0 spiro atoms. The molecule has 0 aliphatic heterocycles. The minimum absolute atomic E-state index is 0.00129. The molecule has 0 bridgehead atoms. The Hall–Kier alpha value is -2.41. The zero-order valence-corrected chi connectivity index (χ0v) is 21.2. The van der Waals surface area contributed by atoms with Crippen LogP contribution in [0.5, 0.6) is 0 Å². The van der Waals surface area contributed by atoms with Gasteiger partial charge in [-0.3, -0.25) is 14.4 Å². The summed E-state index contributed by atoms with van der Waals surface area (Å²) in [5, 5.41) is 5.84. The second-order valence-corrected chi connectivity index (χ2v) is 8.91. The number of nitrogens with zero attached hydrogens (tertiary/aromatic N) is 1. The van der Waals surface area contributed by atoms with Crippen molar-refractivity contribution in [3.63, 3.8) is 0 Å². The summed E-state index contributed by atoms with van der Waals surface area (Å²) in [6.07, 6.45) is 4.34. The molecule has 2 atom stereocenters. The van der Waals surface area contributed by atoms with Crippen molar-refractivity contribution in [3.8, 4) is 0 Å². The Bertz CT molecular complexity index is 743. The van der Waals surface area contributed by atoms with Crippen LogP contribution in [0.4, 0.5) is 0 Å². The minimum atomic E-state index is -0.336. The lowest BCUT2D eigenvalue weighted by Crippen LogP contribution is -2.41. The van der Waals surface area contributed by atoms with Gasteiger partial charge in [0.15, 0.2) is 0 Å². The fraction of sp³-hybridized carbons (Fsp3) is 0.654. The normalized spacial score (nSPS) is 12.8. The van der Waals surface area contributed by atoms with Gasteiger partial charge in [-0.15, -0.1) is 0 Å². The first-order valence-electron chi connectivity index (χ1n) is 12.5. The van der Waals surface area contributed by atoms with E-state index in [2.05, 4.69) is 24.5 Å². The molecule has 0 fully saturated rings. The Balaban J connectivity index is 2.60. The molecule has 186 valence electrons. The van der Waals surface area contributed by atoms with Crippen LogP contribution in [0.25, 0.3) is 0 Å². The molecule has 4 N–H and O–H groups in total. The van der Waals surface area contributed by atoms with Crippen LogP contribution in [0.1, 0.15) is 87.4 Å². The second kappa shape index (κ2) is 15.4. The monoisotopic (exact) mass is 460 g/mol. The number of amides is 3. The zero-order valence-electron chi connectivity index (χ0n) is 21.2. The maximum Gasteiger partial charge on any atom is 0.253 e. The van der Waals surface area contributed by atoms with Crippen molar-refractivity contribution in [2.24, 2.45) is 17.6 Å². The van der Waals surface area contributed by atoms with E-state index in [1.54, 1.807) is 24.3 Å². The molecular formula is C26H44N4O3. The van der Waals surface area contributed by atoms with Gasteiger partial charge in [-0.25, -0.2) is 0 Å². The van der Waals surface area contributed by atoms with Gasteiger partial charge in [-0.1, -0.05) is 53.5 Å². The maximum atomic E-state index is 12.8. The zero-order chi connectivity index (χ0) is 24.8. The molecule has 1 aromatic carbocycles. The molecular weight excluding hydrogens is 416 g/mol. The van der Waals surface area contributed by atoms with Crippen molar-refractivity contribution in [1.82, 2.24) is 15.5 Å². The van der Waals surface area contributed by atoms with Gasteiger partial charge in [-0.05, 0) is 43.4 Å². The van der Waals surface area contributed by atoms with Crippen molar-refractivity contribution in [3.05, 3.63) is 35.4 Å². The number of carbonyl (C=O) groups excluding carboxylic acids is 3. The first-order chi connectivity index (χ1) is 15.8. The number of benzene rings is 1. The highest BCUT2D eigenvalue weighted by Gasteiger charge is 2.19. The van der Waals surface area contributed by atoms with Crippen LogP contribution in [0.2, 0.25) is 0 Å². The van der Waals surface area contributed by atoms with E-state index in [1.807, 2.05) is 25.7 Å². The number of nitrogens with two attached hydrogens (primary N) is 1. The molecule has 3 amide bonds. The summed E-state index contributed by atoms with van der Waals surface area (Å²) >= 11 is 0. The average molecular weight is 461 g/mol. The molecule has 7 heteroatoms. The lowest BCUT2D eigenvalue weighted by atomic mass is 9.99. The van der Waals surface area contributed by atoms with Gasteiger partial charge >= 0.3 is 0 Å². The van der Waals surface area contributed by atoms with Gasteiger partial charge in [0, 0.05) is 49.3 Å². The van der Waals surface area contributed by atoms with Crippen LogP contribution in [0.15, 0.2) is 24.3 Å². The van der Waals surface area contributed by atoms with Gasteiger partial charge < -0.3 is 21.3 Å². The number of hydrogen-bond donors (Lipinski definition) is 3. The van der Waals surface area contributed by atoms with E-state index < -0.39 is 0 Å². The van der Waals surface area contributed by atoms with Gasteiger partial charge in [0.05, 0.1) is 0 Å². The summed E-state index contributed by atoms with van der Waals surface area (Å²) in [4.78, 5) is 39.6. The fourth-order valence-electron chi connectivity index (χ4n) is 3.80. The number of nitrogens with one attached hydrogen (secondary N) is 2. The van der Waals surface area contributed by atoms with Crippen LogP contribution >= 0.6 is 0 Å². The molecule has 0 saturated carbocycles. The number of rotatable bonds is 15. The molecule has 7 nitrogen and oxygen atoms in total. The predicted molar refractivity (Wildman–Crippen MR) is 134 cm³/mol. The maximum absolute atomic E-state index is 12.8. The van der Waals surface area contributed by atoms with Gasteiger partial charge in [-0.2, -0.15) is 0 Å². The fourth-order valence-corrected chi connectivity index (χ4v) is 3.80. The summed E-state index contributed by atoms with van der Waals surface area (Å²) in [5.41, 5.74) is 7.11. The lowest BCUT2D eigenvalue weighted by molar-refractivity contribution is -0.125. The van der Waals surface area contributed by atoms with E-state index in [4.69, 9.17) is 5.73 Å². The lowest BCUT2D eigenvalue weighted by Gasteiger charge is -2.22. The van der Waals surface area contributed by atoms with Crippen molar-refractivity contribution in [2.75, 3.05) is 26.2 Å². The van der Waals surface area contributed by atoms with Crippen molar-refractivity contribution in [1.29, 1.82) is 0 Å². The van der Waals surface area contributed by atoms with Crippen LogP contribution in [-0.4, -0.2) is 54.8 Å². The second-order valence-electron chi connectivity index (χ2n) is 8.91. The van der Waals surface area contributed by atoms with E-state index in [1.165, 1.54) is 0 Å². The van der Waals surface area contributed by atoms with E-state index in [-0.39, 0.29) is 36.2 Å². The number of carbonyl (C=O) groups is 3. The highest BCUT2D eigenvalue weighted by Crippen LogP contribution is 2.11. The van der Waals surface area contributed by atoms with Crippen molar-refractivity contribution < 1.29 is 14.4 Å². The summed E-state index contributed by atoms with van der Waals surface area (Å²) in [6.45, 7) is 12.5. The Morgan fingerprint density at radius 1 is 0.939 bits per heavy atom. The van der Waals surface area contributed by atoms with Gasteiger partial charge in [0.2, 0.25) is 5.91 Å².